The van der Waals surface area contributed by atoms with Crippen molar-refractivity contribution in [1.29, 1.82) is 0 Å². The Hall–Kier alpha value is -0.500. The molecule has 2 heteroatoms. The zero-order valence-electron chi connectivity index (χ0n) is 6.18. The molecule has 1 N–H and O–H groups in total. The fourth-order valence-electron chi connectivity index (χ4n) is 0.412. The van der Waals surface area contributed by atoms with Gasteiger partial charge in [0.05, 0.1) is 6.61 Å². The van der Waals surface area contributed by atoms with E-state index in [0.717, 1.165) is 6.61 Å². The lowest BCUT2D eigenvalue weighted by Gasteiger charge is -2.05. The van der Waals surface area contributed by atoms with Crippen LogP contribution < -0.4 is 5.32 Å². The largest absolute Gasteiger partial charge is 0.369 e. The molecule has 0 amide bonds. The molecule has 0 saturated heterocycles. The molecule has 0 aromatic heterocycles. The van der Waals surface area contributed by atoms with E-state index in [9.17, 15) is 0 Å². The molecule has 0 aliphatic rings. The Balaban J connectivity index is 2.82. The molecule has 0 fully saturated rings. The van der Waals surface area contributed by atoms with E-state index in [2.05, 4.69) is 25.7 Å². The summed E-state index contributed by atoms with van der Waals surface area (Å²) in [5.74, 6) is 0.608. The maximum atomic E-state index is 5.15. The third-order valence-electron chi connectivity index (χ3n) is 0.781. The van der Waals surface area contributed by atoms with E-state index in [-0.39, 0.29) is 0 Å². The molecule has 0 rings (SSSR count). The molecule has 0 aliphatic carbocycles. The van der Waals surface area contributed by atoms with Crippen molar-refractivity contribution >= 4 is 0 Å². The Morgan fingerprint density at radius 1 is 1.67 bits per heavy atom. The van der Waals surface area contributed by atoms with Crippen LogP contribution in [0.5, 0.6) is 0 Å². The second-order valence-corrected chi connectivity index (χ2v) is 2.32. The van der Waals surface area contributed by atoms with Gasteiger partial charge < -0.3 is 10.1 Å². The Morgan fingerprint density at radius 3 is 2.78 bits per heavy atom. The van der Waals surface area contributed by atoms with Crippen molar-refractivity contribution in [1.82, 2.24) is 5.32 Å². The van der Waals surface area contributed by atoms with Crippen molar-refractivity contribution in [2.45, 2.75) is 13.8 Å². The summed E-state index contributed by atoms with van der Waals surface area (Å²) in [6, 6.07) is 0. The molecule has 0 aromatic rings. The molecule has 0 unspecified atom stereocenters. The van der Waals surface area contributed by atoms with Gasteiger partial charge in [0.15, 0.2) is 0 Å². The van der Waals surface area contributed by atoms with E-state index in [0.29, 0.717) is 12.6 Å². The van der Waals surface area contributed by atoms with Crippen LogP contribution in [0.3, 0.4) is 0 Å². The summed E-state index contributed by atoms with van der Waals surface area (Å²) < 4.78 is 5.15. The summed E-state index contributed by atoms with van der Waals surface area (Å²) in [6.45, 7) is 9.10. The van der Waals surface area contributed by atoms with Crippen LogP contribution in [0, 0.1) is 5.92 Å². The zero-order valence-corrected chi connectivity index (χ0v) is 6.18. The minimum absolute atomic E-state index is 0.571. The Kier molecular flexibility index (Phi) is 5.32. The molecule has 54 valence electrons. The van der Waals surface area contributed by atoms with Gasteiger partial charge in [0, 0.05) is 0 Å². The molecule has 0 radical (unpaired) electrons. The van der Waals surface area contributed by atoms with Gasteiger partial charge in [-0.1, -0.05) is 20.4 Å². The summed E-state index contributed by atoms with van der Waals surface area (Å²) in [5, 5.41) is 2.85. The summed E-state index contributed by atoms with van der Waals surface area (Å²) in [5.41, 5.74) is 0. The lowest BCUT2D eigenvalue weighted by Crippen LogP contribution is -2.13. The molecular weight excluding hydrogens is 114 g/mol. The van der Waals surface area contributed by atoms with Crippen LogP contribution in [0.15, 0.2) is 12.8 Å². The standard InChI is InChI=1S/C7H15NO/c1-4-8-6-9-5-7(2)3/h4,7-8H,1,5-6H2,2-3H3. The highest BCUT2D eigenvalue weighted by Gasteiger charge is 1.89. The maximum Gasteiger partial charge on any atom is 0.116 e. The number of hydrogen-bond acceptors (Lipinski definition) is 2. The number of ether oxygens (including phenoxy) is 1. The zero-order chi connectivity index (χ0) is 7.11. The first-order chi connectivity index (χ1) is 4.27. The normalized spacial score (nSPS) is 9.67. The Labute approximate surface area is 56.9 Å². The van der Waals surface area contributed by atoms with Gasteiger partial charge in [-0.05, 0) is 12.1 Å². The van der Waals surface area contributed by atoms with Crippen molar-refractivity contribution in [3.8, 4) is 0 Å². The Morgan fingerprint density at radius 2 is 2.33 bits per heavy atom. The highest BCUT2D eigenvalue weighted by atomic mass is 16.5. The second kappa shape index (κ2) is 5.63. The molecule has 0 bridgehead atoms. The van der Waals surface area contributed by atoms with Crippen molar-refractivity contribution in [2.24, 2.45) is 5.92 Å². The van der Waals surface area contributed by atoms with Crippen molar-refractivity contribution in [3.63, 3.8) is 0 Å². The minimum atomic E-state index is 0.571. The quantitative estimate of drug-likeness (QED) is 0.447. The highest BCUT2D eigenvalue weighted by Crippen LogP contribution is 1.89. The van der Waals surface area contributed by atoms with Gasteiger partial charge in [0.2, 0.25) is 0 Å². The highest BCUT2D eigenvalue weighted by molar-refractivity contribution is 4.58. The fourth-order valence-corrected chi connectivity index (χ4v) is 0.412. The first-order valence-electron chi connectivity index (χ1n) is 3.19. The summed E-state index contributed by atoms with van der Waals surface area (Å²) in [6.07, 6.45) is 1.63. The van der Waals surface area contributed by atoms with Crippen LogP contribution in [0.1, 0.15) is 13.8 Å². The smallest absolute Gasteiger partial charge is 0.116 e. The first kappa shape index (κ1) is 8.50. The maximum absolute atomic E-state index is 5.15. The predicted molar refractivity (Wildman–Crippen MR) is 39.0 cm³/mol. The second-order valence-electron chi connectivity index (χ2n) is 2.32. The SMILES string of the molecule is C=CNCOCC(C)C. The number of rotatable bonds is 5. The van der Waals surface area contributed by atoms with Crippen LogP contribution in [0.25, 0.3) is 0 Å². The molecule has 0 aromatic carbocycles. The van der Waals surface area contributed by atoms with Gasteiger partial charge in [0.25, 0.3) is 0 Å². The Bertz CT molecular complexity index is 71.3. The van der Waals surface area contributed by atoms with Gasteiger partial charge in [-0.15, -0.1) is 0 Å². The third kappa shape index (κ3) is 7.50. The molecule has 0 atom stereocenters. The van der Waals surface area contributed by atoms with Crippen LogP contribution in [0.2, 0.25) is 0 Å². The number of hydrogen-bond donors (Lipinski definition) is 1. The van der Waals surface area contributed by atoms with Crippen molar-refractivity contribution < 1.29 is 4.74 Å². The van der Waals surface area contributed by atoms with Crippen LogP contribution >= 0.6 is 0 Å². The van der Waals surface area contributed by atoms with E-state index in [1.165, 1.54) is 0 Å². The van der Waals surface area contributed by atoms with Crippen LogP contribution in [0.4, 0.5) is 0 Å². The molecular formula is C7H15NO. The topological polar surface area (TPSA) is 21.3 Å². The van der Waals surface area contributed by atoms with Gasteiger partial charge in [-0.25, -0.2) is 0 Å². The summed E-state index contributed by atoms with van der Waals surface area (Å²) in [4.78, 5) is 0. The van der Waals surface area contributed by atoms with Gasteiger partial charge in [-0.3, -0.25) is 0 Å². The van der Waals surface area contributed by atoms with Gasteiger partial charge in [0.1, 0.15) is 6.73 Å². The molecule has 2 nitrogen and oxygen atoms in total. The summed E-state index contributed by atoms with van der Waals surface area (Å²) in [7, 11) is 0. The van der Waals surface area contributed by atoms with Crippen LogP contribution in [-0.2, 0) is 4.74 Å². The average Bonchev–Trinajstić information content (AvgIpc) is 1.80. The van der Waals surface area contributed by atoms with E-state index >= 15 is 0 Å². The first-order valence-corrected chi connectivity index (χ1v) is 3.19. The van der Waals surface area contributed by atoms with E-state index in [4.69, 9.17) is 4.74 Å². The van der Waals surface area contributed by atoms with Crippen molar-refractivity contribution in [3.05, 3.63) is 12.8 Å². The molecule has 0 saturated carbocycles. The van der Waals surface area contributed by atoms with Crippen LogP contribution in [-0.4, -0.2) is 13.3 Å². The number of nitrogens with one attached hydrogen (secondary N) is 1. The molecule has 0 aliphatic heterocycles. The predicted octanol–water partition coefficient (Wildman–Crippen LogP) is 1.35. The minimum Gasteiger partial charge on any atom is -0.369 e. The molecule has 9 heavy (non-hydrogen) atoms. The van der Waals surface area contributed by atoms with E-state index in [1.54, 1.807) is 6.20 Å². The molecule has 0 heterocycles. The monoisotopic (exact) mass is 129 g/mol. The van der Waals surface area contributed by atoms with Gasteiger partial charge >= 0.3 is 0 Å². The van der Waals surface area contributed by atoms with E-state index < -0.39 is 0 Å². The fraction of sp³-hybridized carbons (Fsp3) is 0.714. The van der Waals surface area contributed by atoms with Crippen molar-refractivity contribution in [2.75, 3.05) is 13.3 Å². The van der Waals surface area contributed by atoms with E-state index in [1.807, 2.05) is 0 Å². The summed E-state index contributed by atoms with van der Waals surface area (Å²) >= 11 is 0. The molecule has 0 spiro atoms. The lowest BCUT2D eigenvalue weighted by atomic mass is 10.2. The third-order valence-corrected chi connectivity index (χ3v) is 0.781. The average molecular weight is 129 g/mol. The van der Waals surface area contributed by atoms with Gasteiger partial charge in [-0.2, -0.15) is 0 Å². The lowest BCUT2D eigenvalue weighted by molar-refractivity contribution is 0.102.